The monoisotopic (exact) mass is 625 g/mol. The number of carboxylic acid groups (broad SMARTS) is 1. The highest BCUT2D eigenvalue weighted by Gasteiger charge is 2.34. The van der Waals surface area contributed by atoms with Gasteiger partial charge >= 0.3 is 5.97 Å². The molecule has 1 saturated heterocycles. The van der Waals surface area contributed by atoms with Gasteiger partial charge in [0.2, 0.25) is 0 Å². The normalized spacial score (nSPS) is 17.0. The fourth-order valence-electron chi connectivity index (χ4n) is 6.12. The van der Waals surface area contributed by atoms with Crippen LogP contribution in [-0.2, 0) is 20.7 Å². The zero-order chi connectivity index (χ0) is 31.2. The Morgan fingerprint density at radius 2 is 1.73 bits per heavy atom. The number of anilines is 1. The summed E-state index contributed by atoms with van der Waals surface area (Å²) in [6.07, 6.45) is 1.27. The summed E-state index contributed by atoms with van der Waals surface area (Å²) in [5, 5.41) is 10.2. The Bertz CT molecular complexity index is 1750. The maximum absolute atomic E-state index is 14.5. The van der Waals surface area contributed by atoms with E-state index in [2.05, 4.69) is 11.8 Å². The van der Waals surface area contributed by atoms with Gasteiger partial charge in [-0.25, -0.2) is 13.8 Å². The molecular formula is C33H34ClF2N3O5. The van der Waals surface area contributed by atoms with Gasteiger partial charge in [0.1, 0.15) is 34.7 Å². The van der Waals surface area contributed by atoms with Crippen molar-refractivity contribution in [3.8, 4) is 28.1 Å². The number of aromatic nitrogens is 2. The van der Waals surface area contributed by atoms with Gasteiger partial charge in [-0.1, -0.05) is 29.8 Å². The number of halogens is 3. The van der Waals surface area contributed by atoms with Gasteiger partial charge in [0, 0.05) is 35.8 Å². The van der Waals surface area contributed by atoms with Crippen molar-refractivity contribution in [1.82, 2.24) is 9.38 Å². The molecule has 3 aliphatic rings. The number of aliphatic carboxylic acids is 1. The smallest absolute Gasteiger partial charge is 0.307 e. The molecule has 44 heavy (non-hydrogen) atoms. The minimum absolute atomic E-state index is 0.141. The van der Waals surface area contributed by atoms with E-state index in [1.807, 2.05) is 30.4 Å². The molecule has 5 heterocycles. The molecule has 0 spiro atoms. The number of carboxylic acids is 1. The number of piperidine rings is 1. The molecule has 0 amide bonds. The lowest BCUT2D eigenvalue weighted by molar-refractivity contribution is -0.136. The SMILES string of the molecule is Cc1c(CC(=O)O)c2n3c(Cl)c(nc3c1C)-c1cccc(c1)-c1cc(F)c(F)cc1OCCOCCOC1(C)CCN2CC1. The van der Waals surface area contributed by atoms with E-state index in [4.69, 9.17) is 30.8 Å². The summed E-state index contributed by atoms with van der Waals surface area (Å²) in [5.74, 6) is -2.05. The zero-order valence-corrected chi connectivity index (χ0v) is 25.6. The number of rotatable bonds is 2. The lowest BCUT2D eigenvalue weighted by atomic mass is 9.92. The Morgan fingerprint density at radius 3 is 2.48 bits per heavy atom. The molecule has 0 atom stereocenters. The molecule has 232 valence electrons. The summed E-state index contributed by atoms with van der Waals surface area (Å²) in [6, 6.07) is 9.39. The Balaban J connectivity index is 1.56. The number of imidazole rings is 1. The van der Waals surface area contributed by atoms with Crippen LogP contribution >= 0.6 is 11.6 Å². The second-order valence-electron chi connectivity index (χ2n) is 11.6. The number of benzene rings is 2. The molecule has 1 fully saturated rings. The lowest BCUT2D eigenvalue weighted by Crippen LogP contribution is -2.45. The second kappa shape index (κ2) is 12.0. The molecule has 2 aromatic heterocycles. The van der Waals surface area contributed by atoms with Gasteiger partial charge in [-0.2, -0.15) is 0 Å². The predicted molar refractivity (Wildman–Crippen MR) is 164 cm³/mol. The van der Waals surface area contributed by atoms with E-state index in [0.29, 0.717) is 70.9 Å². The van der Waals surface area contributed by atoms with Crippen molar-refractivity contribution < 1.29 is 32.9 Å². The molecule has 6 bridgehead atoms. The summed E-state index contributed by atoms with van der Waals surface area (Å²) in [5.41, 5.74) is 4.71. The standard InChI is InChI=1S/C33H34ClF2N3O5/c1-19-20(2)31-37-29-22-6-4-5-21(15-22)24-16-25(35)26(36)18-27(24)43-13-11-42-12-14-44-33(3)7-9-38(10-8-33)32(39(31)30(29)34)23(19)17-28(40)41/h4-6,15-16,18H,7-14,17H2,1-3H3,(H,40,41). The van der Waals surface area contributed by atoms with Crippen LogP contribution in [0, 0.1) is 25.5 Å². The van der Waals surface area contributed by atoms with Crippen molar-refractivity contribution in [3.05, 3.63) is 69.9 Å². The largest absolute Gasteiger partial charge is 0.490 e. The van der Waals surface area contributed by atoms with Crippen molar-refractivity contribution in [2.75, 3.05) is 44.4 Å². The van der Waals surface area contributed by atoms with E-state index in [0.717, 1.165) is 36.1 Å². The minimum atomic E-state index is -1.01. The van der Waals surface area contributed by atoms with Crippen molar-refractivity contribution >= 4 is 29.0 Å². The van der Waals surface area contributed by atoms with Crippen LogP contribution in [0.4, 0.5) is 14.6 Å². The zero-order valence-electron chi connectivity index (χ0n) is 24.9. The molecule has 1 N–H and O–H groups in total. The van der Waals surface area contributed by atoms with Crippen LogP contribution in [0.2, 0.25) is 5.15 Å². The highest BCUT2D eigenvalue weighted by molar-refractivity contribution is 6.32. The van der Waals surface area contributed by atoms with Crippen molar-refractivity contribution in [1.29, 1.82) is 0 Å². The summed E-state index contributed by atoms with van der Waals surface area (Å²) in [7, 11) is 0. The lowest BCUT2D eigenvalue weighted by Gasteiger charge is -2.41. The van der Waals surface area contributed by atoms with Crippen LogP contribution in [0.3, 0.4) is 0 Å². The van der Waals surface area contributed by atoms with Gasteiger partial charge in [-0.05, 0) is 62.4 Å². The van der Waals surface area contributed by atoms with Gasteiger partial charge in [0.15, 0.2) is 11.6 Å². The molecule has 8 nitrogen and oxygen atoms in total. The molecule has 0 radical (unpaired) electrons. The third-order valence-electron chi connectivity index (χ3n) is 8.74. The van der Waals surface area contributed by atoms with Crippen molar-refractivity contribution in [2.45, 2.75) is 45.6 Å². The Kier molecular flexibility index (Phi) is 8.26. The fourth-order valence-corrected chi connectivity index (χ4v) is 6.44. The Hall–Kier alpha value is -3.73. The van der Waals surface area contributed by atoms with Gasteiger partial charge in [-0.15, -0.1) is 0 Å². The number of carbonyl (C=O) groups is 1. The Labute approximate surface area is 259 Å². The van der Waals surface area contributed by atoms with Crippen LogP contribution in [0.25, 0.3) is 28.0 Å². The highest BCUT2D eigenvalue weighted by atomic mass is 35.5. The van der Waals surface area contributed by atoms with Gasteiger partial charge in [0.25, 0.3) is 0 Å². The molecule has 2 aromatic carbocycles. The van der Waals surface area contributed by atoms with Crippen LogP contribution in [0.1, 0.15) is 36.5 Å². The van der Waals surface area contributed by atoms with Gasteiger partial charge in [-0.3, -0.25) is 9.20 Å². The predicted octanol–water partition coefficient (Wildman–Crippen LogP) is 6.63. The number of pyridine rings is 1. The van der Waals surface area contributed by atoms with E-state index in [1.165, 1.54) is 0 Å². The van der Waals surface area contributed by atoms with Gasteiger partial charge < -0.3 is 24.2 Å². The van der Waals surface area contributed by atoms with Crippen molar-refractivity contribution in [2.24, 2.45) is 0 Å². The topological polar surface area (TPSA) is 85.5 Å². The fraction of sp³-hybridized carbons (Fsp3) is 0.394. The summed E-state index contributed by atoms with van der Waals surface area (Å²) in [6.45, 7) is 8.30. The summed E-state index contributed by atoms with van der Waals surface area (Å²) < 4.78 is 48.5. The molecule has 0 aliphatic carbocycles. The molecule has 4 aromatic rings. The average Bonchev–Trinajstić information content (AvgIpc) is 3.34. The third kappa shape index (κ3) is 5.62. The quantitative estimate of drug-likeness (QED) is 0.250. The van der Waals surface area contributed by atoms with Crippen LogP contribution in [-0.4, -0.2) is 65.6 Å². The van der Waals surface area contributed by atoms with E-state index in [-0.39, 0.29) is 31.0 Å². The summed E-state index contributed by atoms with van der Waals surface area (Å²) in [4.78, 5) is 19.2. The van der Waals surface area contributed by atoms with E-state index < -0.39 is 17.6 Å². The van der Waals surface area contributed by atoms with E-state index >= 15 is 0 Å². The Morgan fingerprint density at radius 1 is 1.02 bits per heavy atom. The number of hydrogen-bond acceptors (Lipinski definition) is 6. The molecule has 7 rings (SSSR count). The summed E-state index contributed by atoms with van der Waals surface area (Å²) >= 11 is 7.16. The number of ether oxygens (including phenoxy) is 3. The molecule has 11 heteroatoms. The number of aryl methyl sites for hydroxylation is 1. The first-order valence-corrected chi connectivity index (χ1v) is 15.0. The van der Waals surface area contributed by atoms with Crippen LogP contribution in [0.5, 0.6) is 5.75 Å². The maximum Gasteiger partial charge on any atom is 0.307 e. The number of fused-ring (bicyclic) bond motifs is 8. The van der Waals surface area contributed by atoms with E-state index in [1.54, 1.807) is 12.1 Å². The minimum Gasteiger partial charge on any atom is -0.490 e. The second-order valence-corrected chi connectivity index (χ2v) is 12.0. The average molecular weight is 626 g/mol. The first-order valence-electron chi connectivity index (χ1n) is 14.7. The molecule has 3 aliphatic heterocycles. The third-order valence-corrected chi connectivity index (χ3v) is 9.08. The van der Waals surface area contributed by atoms with Gasteiger partial charge in [0.05, 0.1) is 31.8 Å². The number of nitrogens with zero attached hydrogens (tertiary/aromatic N) is 3. The maximum atomic E-state index is 14.5. The first-order chi connectivity index (χ1) is 21.1. The van der Waals surface area contributed by atoms with Crippen molar-refractivity contribution in [3.63, 3.8) is 0 Å². The first kappa shape index (κ1) is 30.3. The van der Waals surface area contributed by atoms with Crippen LogP contribution < -0.4 is 9.64 Å². The molecule has 0 saturated carbocycles. The molecular weight excluding hydrogens is 592 g/mol. The molecule has 0 unspecified atom stereocenters. The number of hydrogen-bond donors (Lipinski definition) is 1. The van der Waals surface area contributed by atoms with E-state index in [9.17, 15) is 18.7 Å². The highest BCUT2D eigenvalue weighted by Crippen LogP contribution is 2.41. The van der Waals surface area contributed by atoms with Crippen LogP contribution in [0.15, 0.2) is 36.4 Å².